The van der Waals surface area contributed by atoms with Crippen LogP contribution in [0.5, 0.6) is 0 Å². The molecule has 0 saturated carbocycles. The third-order valence-electron chi connectivity index (χ3n) is 1.44. The molecule has 76 valence electrons. The molecule has 1 rings (SSSR count). The summed E-state index contributed by atoms with van der Waals surface area (Å²) in [7, 11) is -3.76. The Morgan fingerprint density at radius 3 is 2.13 bits per heavy atom. The fraction of sp³-hybridized carbons (Fsp3) is 0.125. The third kappa shape index (κ3) is 4.21. The molecule has 0 atom stereocenters. The predicted octanol–water partition coefficient (Wildman–Crippen LogP) is -1.80. The standard InChI is InChI=1S/C8H9N2O3S.Na/c1-6(11)10-14(12,13)8-4-2-7(9)3-5-8;/h2-5,9H,1H3,(H,10,11);/q-1;+1. The van der Waals surface area contributed by atoms with Crippen molar-refractivity contribution in [1.29, 1.82) is 0 Å². The Bertz CT molecular complexity index is 441. The Morgan fingerprint density at radius 1 is 1.27 bits per heavy atom. The van der Waals surface area contributed by atoms with Crippen molar-refractivity contribution in [3.63, 3.8) is 0 Å². The van der Waals surface area contributed by atoms with E-state index in [0.29, 0.717) is 0 Å². The van der Waals surface area contributed by atoms with Crippen molar-refractivity contribution in [1.82, 2.24) is 4.72 Å². The molecule has 0 fully saturated rings. The van der Waals surface area contributed by atoms with E-state index in [-0.39, 0.29) is 40.1 Å². The summed E-state index contributed by atoms with van der Waals surface area (Å²) in [5.74, 6) is -0.639. The van der Waals surface area contributed by atoms with Crippen molar-refractivity contribution >= 4 is 21.6 Å². The van der Waals surface area contributed by atoms with Crippen LogP contribution in [0.3, 0.4) is 0 Å². The van der Waals surface area contributed by atoms with E-state index in [1.807, 2.05) is 4.72 Å². The van der Waals surface area contributed by atoms with Crippen LogP contribution in [0.25, 0.3) is 5.73 Å². The largest absolute Gasteiger partial charge is 1.00 e. The minimum absolute atomic E-state index is 0. The quantitative estimate of drug-likeness (QED) is 0.614. The molecule has 0 aliphatic carbocycles. The minimum Gasteiger partial charge on any atom is -0.699 e. The second-order valence-corrected chi connectivity index (χ2v) is 4.37. The van der Waals surface area contributed by atoms with Gasteiger partial charge in [-0.15, -0.1) is 5.69 Å². The summed E-state index contributed by atoms with van der Waals surface area (Å²) >= 11 is 0. The first kappa shape index (κ1) is 14.4. The first-order chi connectivity index (χ1) is 6.42. The van der Waals surface area contributed by atoms with Gasteiger partial charge >= 0.3 is 29.6 Å². The number of nitrogens with one attached hydrogen (secondary N) is 2. The molecule has 0 saturated heterocycles. The van der Waals surface area contributed by atoms with Crippen LogP contribution < -0.4 is 34.3 Å². The average Bonchev–Trinajstić information content (AvgIpc) is 2.02. The molecule has 1 aromatic carbocycles. The molecule has 0 aliphatic rings. The fourth-order valence-corrected chi connectivity index (χ4v) is 1.87. The van der Waals surface area contributed by atoms with Crippen LogP contribution in [0.4, 0.5) is 5.69 Å². The molecule has 0 spiro atoms. The van der Waals surface area contributed by atoms with Gasteiger partial charge in [0.25, 0.3) is 10.0 Å². The van der Waals surface area contributed by atoms with E-state index >= 15 is 0 Å². The van der Waals surface area contributed by atoms with Crippen molar-refractivity contribution in [2.45, 2.75) is 11.8 Å². The van der Waals surface area contributed by atoms with Gasteiger partial charge in [0, 0.05) is 6.92 Å². The summed E-state index contributed by atoms with van der Waals surface area (Å²) in [6, 6.07) is 5.23. The normalized spacial score (nSPS) is 10.2. The molecule has 0 bridgehead atoms. The van der Waals surface area contributed by atoms with Gasteiger partial charge < -0.3 is 5.73 Å². The van der Waals surface area contributed by atoms with Gasteiger partial charge in [-0.3, -0.25) is 4.79 Å². The Balaban J connectivity index is 0.00000196. The third-order valence-corrected chi connectivity index (χ3v) is 2.89. The van der Waals surface area contributed by atoms with Gasteiger partial charge in [0.05, 0.1) is 4.90 Å². The predicted molar refractivity (Wildman–Crippen MR) is 51.4 cm³/mol. The van der Waals surface area contributed by atoms with Crippen LogP contribution in [-0.2, 0) is 14.8 Å². The summed E-state index contributed by atoms with van der Waals surface area (Å²) in [6.45, 7) is 1.12. The van der Waals surface area contributed by atoms with Crippen LogP contribution >= 0.6 is 0 Å². The van der Waals surface area contributed by atoms with E-state index in [4.69, 9.17) is 5.73 Å². The van der Waals surface area contributed by atoms with Crippen molar-refractivity contribution in [2.24, 2.45) is 0 Å². The number of carbonyl (C=O) groups is 1. The molecule has 0 radical (unpaired) electrons. The van der Waals surface area contributed by atoms with E-state index in [1.165, 1.54) is 24.3 Å². The molecule has 2 N–H and O–H groups in total. The Labute approximate surface area is 110 Å². The van der Waals surface area contributed by atoms with Gasteiger partial charge in [-0.25, -0.2) is 13.1 Å². The Morgan fingerprint density at radius 2 is 1.73 bits per heavy atom. The zero-order valence-electron chi connectivity index (χ0n) is 8.44. The zero-order valence-corrected chi connectivity index (χ0v) is 11.3. The van der Waals surface area contributed by atoms with Gasteiger partial charge in [-0.05, 0) is 12.1 Å². The number of sulfonamides is 1. The van der Waals surface area contributed by atoms with Gasteiger partial charge in [0.2, 0.25) is 5.91 Å². The van der Waals surface area contributed by atoms with E-state index in [1.54, 1.807) is 0 Å². The topological polar surface area (TPSA) is 87.0 Å². The minimum atomic E-state index is -3.76. The first-order valence-corrected chi connectivity index (χ1v) is 5.25. The summed E-state index contributed by atoms with van der Waals surface area (Å²) in [5.41, 5.74) is 7.37. The zero-order chi connectivity index (χ0) is 10.8. The molecule has 0 heterocycles. The number of carbonyl (C=O) groups excluding carboxylic acids is 1. The van der Waals surface area contributed by atoms with Crippen molar-refractivity contribution in [3.8, 4) is 0 Å². The number of hydrogen-bond acceptors (Lipinski definition) is 3. The maximum absolute atomic E-state index is 11.4. The Kier molecular flexibility index (Phi) is 5.30. The molecule has 0 aliphatic heterocycles. The fourth-order valence-electron chi connectivity index (χ4n) is 0.882. The van der Waals surface area contributed by atoms with Crippen LogP contribution in [0.15, 0.2) is 29.2 Å². The number of hydrogen-bond donors (Lipinski definition) is 1. The van der Waals surface area contributed by atoms with Crippen LogP contribution in [0, 0.1) is 0 Å². The van der Waals surface area contributed by atoms with E-state index in [9.17, 15) is 13.2 Å². The summed E-state index contributed by atoms with van der Waals surface area (Å²) < 4.78 is 24.5. The maximum atomic E-state index is 11.4. The molecule has 1 amide bonds. The monoisotopic (exact) mass is 236 g/mol. The number of amides is 1. The molecule has 7 heteroatoms. The molecule has 1 aromatic rings. The first-order valence-electron chi connectivity index (χ1n) is 3.77. The summed E-state index contributed by atoms with van der Waals surface area (Å²) in [4.78, 5) is 10.5. The second kappa shape index (κ2) is 5.50. The average molecular weight is 236 g/mol. The smallest absolute Gasteiger partial charge is 0.699 e. The molecule has 5 nitrogen and oxygen atoms in total. The molecular formula is C8H9N2NaO3S. The van der Waals surface area contributed by atoms with Gasteiger partial charge in [0.1, 0.15) is 0 Å². The van der Waals surface area contributed by atoms with E-state index in [2.05, 4.69) is 0 Å². The summed E-state index contributed by atoms with van der Waals surface area (Å²) in [5, 5.41) is 0. The van der Waals surface area contributed by atoms with Crippen molar-refractivity contribution < 1.29 is 42.8 Å². The van der Waals surface area contributed by atoms with Crippen molar-refractivity contribution in [3.05, 3.63) is 30.0 Å². The number of rotatable bonds is 2. The molecule has 0 aromatic heterocycles. The van der Waals surface area contributed by atoms with Gasteiger partial charge in [-0.1, -0.05) is 12.1 Å². The summed E-state index contributed by atoms with van der Waals surface area (Å²) in [6.07, 6.45) is 0. The van der Waals surface area contributed by atoms with Crippen LogP contribution in [0.2, 0.25) is 0 Å². The van der Waals surface area contributed by atoms with E-state index in [0.717, 1.165) is 6.92 Å². The SMILES string of the molecule is CC(=O)NS(=O)(=O)c1ccc([NH-])cc1.[Na+]. The maximum Gasteiger partial charge on any atom is 1.00 e. The second-order valence-electron chi connectivity index (χ2n) is 2.69. The molecule has 0 unspecified atom stereocenters. The van der Waals surface area contributed by atoms with Gasteiger partial charge in [-0.2, -0.15) is 0 Å². The van der Waals surface area contributed by atoms with Crippen LogP contribution in [-0.4, -0.2) is 14.3 Å². The van der Waals surface area contributed by atoms with Gasteiger partial charge in [0.15, 0.2) is 0 Å². The molecular weight excluding hydrogens is 227 g/mol. The van der Waals surface area contributed by atoms with Crippen molar-refractivity contribution in [2.75, 3.05) is 0 Å². The van der Waals surface area contributed by atoms with Crippen LogP contribution in [0.1, 0.15) is 6.92 Å². The molecule has 15 heavy (non-hydrogen) atoms. The Hall–Kier alpha value is -0.560. The number of benzene rings is 1. The van der Waals surface area contributed by atoms with E-state index < -0.39 is 15.9 Å².